The van der Waals surface area contributed by atoms with Crippen molar-refractivity contribution in [1.82, 2.24) is 15.3 Å². The van der Waals surface area contributed by atoms with Crippen LogP contribution in [-0.2, 0) is 0 Å². The lowest BCUT2D eigenvalue weighted by Crippen LogP contribution is -2.13. The Morgan fingerprint density at radius 3 is 3.05 bits per heavy atom. The van der Waals surface area contributed by atoms with E-state index in [0.717, 1.165) is 28.2 Å². The number of nitrogens with zero attached hydrogens (tertiary/aromatic N) is 3. The van der Waals surface area contributed by atoms with Gasteiger partial charge in [0.15, 0.2) is 0 Å². The van der Waals surface area contributed by atoms with Crippen LogP contribution in [0.3, 0.4) is 0 Å². The maximum absolute atomic E-state index is 13.2. The predicted octanol–water partition coefficient (Wildman–Crippen LogP) is 3.39. The highest BCUT2D eigenvalue weighted by atomic mass is 32.1. The van der Waals surface area contributed by atoms with Gasteiger partial charge in [0.2, 0.25) is 5.95 Å². The molecule has 1 unspecified atom stereocenters. The maximum Gasteiger partial charge on any atom is 0.214 e. The average molecular weight is 302 g/mol. The number of allylic oxidation sites excluding steroid dienone is 2. The van der Waals surface area contributed by atoms with Crippen LogP contribution >= 0.6 is 11.3 Å². The maximum atomic E-state index is 13.2. The van der Waals surface area contributed by atoms with Crippen molar-refractivity contribution in [3.8, 4) is 0 Å². The molecule has 108 valence electrons. The van der Waals surface area contributed by atoms with Crippen LogP contribution < -0.4 is 5.32 Å². The Balaban J connectivity index is 1.93. The summed E-state index contributed by atoms with van der Waals surface area (Å²) in [7, 11) is 1.87. The Bertz CT molecular complexity index is 760. The Morgan fingerprint density at radius 2 is 2.24 bits per heavy atom. The van der Waals surface area contributed by atoms with Crippen molar-refractivity contribution in [1.29, 1.82) is 0 Å². The van der Waals surface area contributed by atoms with Gasteiger partial charge in [-0.15, -0.1) is 0 Å². The van der Waals surface area contributed by atoms with Crippen LogP contribution in [0.2, 0.25) is 0 Å². The Labute approximate surface area is 126 Å². The van der Waals surface area contributed by atoms with Gasteiger partial charge in [0.05, 0.1) is 0 Å². The quantitative estimate of drug-likeness (QED) is 0.884. The summed E-state index contributed by atoms with van der Waals surface area (Å²) in [4.78, 5) is 13.5. The van der Waals surface area contributed by atoms with Crippen LogP contribution in [0, 0.1) is 11.9 Å². The predicted molar refractivity (Wildman–Crippen MR) is 84.8 cm³/mol. The molecule has 0 spiro atoms. The molecule has 3 heterocycles. The van der Waals surface area contributed by atoms with Crippen LogP contribution in [0.4, 0.5) is 4.39 Å². The molecule has 0 aliphatic carbocycles. The zero-order valence-corrected chi connectivity index (χ0v) is 12.6. The number of thiazole rings is 1. The number of halogens is 1. The molecule has 6 heteroatoms. The van der Waals surface area contributed by atoms with Gasteiger partial charge in [-0.25, -0.2) is 9.97 Å². The van der Waals surface area contributed by atoms with Crippen LogP contribution in [0.5, 0.6) is 0 Å². The Kier molecular flexibility index (Phi) is 3.79. The van der Waals surface area contributed by atoms with E-state index < -0.39 is 5.95 Å². The zero-order chi connectivity index (χ0) is 14.8. The molecule has 0 saturated heterocycles. The fraction of sp³-hybridized carbons (Fsp3) is 0.267. The number of hydrogen-bond donors (Lipinski definition) is 1. The summed E-state index contributed by atoms with van der Waals surface area (Å²) in [6.45, 7) is 2.02. The number of pyridine rings is 1. The summed E-state index contributed by atoms with van der Waals surface area (Å²) in [5.74, 6) is -0.215. The van der Waals surface area contributed by atoms with Crippen LogP contribution in [-0.4, -0.2) is 22.7 Å². The number of aromatic nitrogens is 2. The monoisotopic (exact) mass is 302 g/mol. The molecule has 0 aromatic carbocycles. The number of hydrogen-bond acceptors (Lipinski definition) is 5. The van der Waals surface area contributed by atoms with Crippen molar-refractivity contribution < 1.29 is 4.39 Å². The minimum atomic E-state index is -0.473. The molecule has 0 fully saturated rings. The van der Waals surface area contributed by atoms with E-state index in [2.05, 4.69) is 26.4 Å². The van der Waals surface area contributed by atoms with Crippen LogP contribution in [0.15, 0.2) is 35.6 Å². The molecule has 0 bridgehead atoms. The molecule has 1 aliphatic rings. The summed E-state index contributed by atoms with van der Waals surface area (Å²) in [6.07, 6.45) is 6.71. The highest BCUT2D eigenvalue weighted by molar-refractivity contribution is 7.19. The number of rotatable bonds is 3. The van der Waals surface area contributed by atoms with E-state index in [4.69, 9.17) is 0 Å². The lowest BCUT2D eigenvalue weighted by molar-refractivity contribution is 0.589. The standard InChI is InChI=1S/C15H15FN4S/c1-9-10(5-6-17-2)7-11(8-18-9)14-19-12-3-4-13(16)20-15(12)21-14/h3-6,8,10,17H,7H2,1-2H3/b6-5-. The summed E-state index contributed by atoms with van der Waals surface area (Å²) < 4.78 is 13.2. The van der Waals surface area contributed by atoms with E-state index in [1.807, 2.05) is 26.4 Å². The molecule has 2 aromatic rings. The molecule has 1 aliphatic heterocycles. The first kappa shape index (κ1) is 13.9. The largest absolute Gasteiger partial charge is 0.394 e. The Morgan fingerprint density at radius 1 is 1.38 bits per heavy atom. The van der Waals surface area contributed by atoms with Crippen LogP contribution in [0.25, 0.3) is 15.9 Å². The molecular weight excluding hydrogens is 287 g/mol. The second kappa shape index (κ2) is 5.73. The fourth-order valence-electron chi connectivity index (χ4n) is 2.21. The van der Waals surface area contributed by atoms with E-state index in [1.54, 1.807) is 6.07 Å². The van der Waals surface area contributed by atoms with Crippen molar-refractivity contribution in [2.75, 3.05) is 7.05 Å². The third-order valence-electron chi connectivity index (χ3n) is 3.39. The SMILES string of the molecule is CN/C=C\C1CC(c2nc3ccc(F)nc3s2)=CN=C1C. The first-order chi connectivity index (χ1) is 10.2. The molecule has 2 aromatic heterocycles. The normalized spacial score (nSPS) is 18.9. The zero-order valence-electron chi connectivity index (χ0n) is 11.8. The van der Waals surface area contributed by atoms with Gasteiger partial charge in [0.25, 0.3) is 0 Å². The third kappa shape index (κ3) is 2.85. The molecule has 4 nitrogen and oxygen atoms in total. The highest BCUT2D eigenvalue weighted by Gasteiger charge is 2.19. The van der Waals surface area contributed by atoms with E-state index in [1.165, 1.54) is 17.4 Å². The van der Waals surface area contributed by atoms with Crippen molar-refractivity contribution in [3.05, 3.63) is 41.6 Å². The molecule has 0 radical (unpaired) electrons. The summed E-state index contributed by atoms with van der Waals surface area (Å²) >= 11 is 1.41. The van der Waals surface area contributed by atoms with Crippen molar-refractivity contribution in [3.63, 3.8) is 0 Å². The van der Waals surface area contributed by atoms with E-state index in [0.29, 0.717) is 4.83 Å². The van der Waals surface area contributed by atoms with Gasteiger partial charge in [0.1, 0.15) is 15.4 Å². The summed E-state index contributed by atoms with van der Waals surface area (Å²) in [6, 6.07) is 3.00. The number of nitrogens with one attached hydrogen (secondary N) is 1. The van der Waals surface area contributed by atoms with Gasteiger partial charge < -0.3 is 5.32 Å². The van der Waals surface area contributed by atoms with Gasteiger partial charge >= 0.3 is 0 Å². The van der Waals surface area contributed by atoms with Gasteiger partial charge in [-0.1, -0.05) is 17.4 Å². The van der Waals surface area contributed by atoms with Gasteiger partial charge in [-0.05, 0) is 31.7 Å². The lowest BCUT2D eigenvalue weighted by Gasteiger charge is -2.17. The lowest BCUT2D eigenvalue weighted by atomic mass is 9.93. The van der Waals surface area contributed by atoms with Crippen LogP contribution in [0.1, 0.15) is 18.4 Å². The van der Waals surface area contributed by atoms with Gasteiger partial charge in [0, 0.05) is 30.5 Å². The fourth-order valence-corrected chi connectivity index (χ4v) is 3.15. The van der Waals surface area contributed by atoms with Crippen molar-refractivity contribution >= 4 is 33.0 Å². The second-order valence-electron chi connectivity index (χ2n) is 4.86. The summed E-state index contributed by atoms with van der Waals surface area (Å²) in [5.41, 5.74) is 2.87. The first-order valence-corrected chi connectivity index (χ1v) is 7.50. The van der Waals surface area contributed by atoms with Crippen molar-refractivity contribution in [2.24, 2.45) is 10.9 Å². The molecular formula is C15H15FN4S. The Hall–Kier alpha value is -2.08. The highest BCUT2D eigenvalue weighted by Crippen LogP contribution is 2.32. The third-order valence-corrected chi connectivity index (χ3v) is 4.43. The molecule has 3 rings (SSSR count). The minimum absolute atomic E-state index is 0.258. The van der Waals surface area contributed by atoms with Gasteiger partial charge in [-0.2, -0.15) is 4.39 Å². The average Bonchev–Trinajstić information content (AvgIpc) is 2.89. The van der Waals surface area contributed by atoms with E-state index >= 15 is 0 Å². The first-order valence-electron chi connectivity index (χ1n) is 6.68. The topological polar surface area (TPSA) is 50.2 Å². The number of fused-ring (bicyclic) bond motifs is 1. The molecule has 1 atom stereocenters. The molecule has 0 amide bonds. The smallest absolute Gasteiger partial charge is 0.214 e. The van der Waals surface area contributed by atoms with E-state index in [9.17, 15) is 4.39 Å². The van der Waals surface area contributed by atoms with E-state index in [-0.39, 0.29) is 5.92 Å². The molecule has 1 N–H and O–H groups in total. The van der Waals surface area contributed by atoms with Crippen molar-refractivity contribution in [2.45, 2.75) is 13.3 Å². The minimum Gasteiger partial charge on any atom is -0.394 e. The molecule has 0 saturated carbocycles. The summed E-state index contributed by atoms with van der Waals surface area (Å²) in [5, 5.41) is 3.86. The van der Waals surface area contributed by atoms with Gasteiger partial charge in [-0.3, -0.25) is 4.99 Å². The number of aliphatic imine (C=N–C) groups is 1. The molecule has 21 heavy (non-hydrogen) atoms. The second-order valence-corrected chi connectivity index (χ2v) is 5.84.